The van der Waals surface area contributed by atoms with E-state index < -0.39 is 42.2 Å². The summed E-state index contributed by atoms with van der Waals surface area (Å²) in [5.74, 6) is -0.987. The van der Waals surface area contributed by atoms with E-state index in [4.69, 9.17) is 9.47 Å². The van der Waals surface area contributed by atoms with Crippen LogP contribution in [0.15, 0.2) is 6.07 Å². The summed E-state index contributed by atoms with van der Waals surface area (Å²) in [6.07, 6.45) is 1.30. The van der Waals surface area contributed by atoms with Crippen LogP contribution in [0.25, 0.3) is 0 Å². The van der Waals surface area contributed by atoms with E-state index >= 15 is 0 Å². The lowest BCUT2D eigenvalue weighted by atomic mass is 9.68. The zero-order chi connectivity index (χ0) is 20.3. The number of amides is 1. The Labute approximate surface area is 167 Å². The molecule has 2 aliphatic carbocycles. The van der Waals surface area contributed by atoms with Crippen LogP contribution in [0.5, 0.6) is 17.2 Å². The first-order valence-corrected chi connectivity index (χ1v) is 10.2. The van der Waals surface area contributed by atoms with Gasteiger partial charge in [0.1, 0.15) is 12.2 Å². The fourth-order valence-corrected chi connectivity index (χ4v) is 5.35. The summed E-state index contributed by atoms with van der Waals surface area (Å²) in [7, 11) is 0. The predicted molar refractivity (Wildman–Crippen MR) is 100 cm³/mol. The standard InChI is InChI=1S/C20H26N2O7/c23-15-12-9(6-10-19(15)29-7-28-10)11-13(21-8-4-2-1-3-5-8)16(24)18(26)17(25)14(11)22-20(12)27/h6,8,11,13-14,16-18,21,23-26H,1-5,7H2,(H,22,27)/t11?,13?,14-,16+,17?,18?/m1/s1. The van der Waals surface area contributed by atoms with Crippen molar-refractivity contribution in [3.8, 4) is 17.2 Å². The van der Waals surface area contributed by atoms with Gasteiger partial charge in [0.2, 0.25) is 12.5 Å². The number of carbonyl (C=O) groups is 1. The van der Waals surface area contributed by atoms with Crippen molar-refractivity contribution in [2.45, 2.75) is 74.5 Å². The molecule has 6 atom stereocenters. The summed E-state index contributed by atoms with van der Waals surface area (Å²) >= 11 is 0. The number of aliphatic hydroxyl groups is 3. The maximum absolute atomic E-state index is 12.7. The third-order valence-electron chi connectivity index (χ3n) is 6.80. The van der Waals surface area contributed by atoms with Crippen molar-refractivity contribution in [3.63, 3.8) is 0 Å². The Balaban J connectivity index is 1.60. The molecule has 158 valence electrons. The highest BCUT2D eigenvalue weighted by molar-refractivity contribution is 6.01. The molecule has 0 spiro atoms. The number of carbonyl (C=O) groups excluding carboxylic acids is 1. The van der Waals surface area contributed by atoms with Crippen molar-refractivity contribution in [1.29, 1.82) is 0 Å². The first-order valence-electron chi connectivity index (χ1n) is 10.2. The van der Waals surface area contributed by atoms with E-state index in [0.29, 0.717) is 11.3 Å². The normalized spacial score (nSPS) is 36.3. The minimum atomic E-state index is -1.40. The summed E-state index contributed by atoms with van der Waals surface area (Å²) in [6.45, 7) is -0.0603. The van der Waals surface area contributed by atoms with Crippen LogP contribution in [0, 0.1) is 0 Å². The number of hydrogen-bond donors (Lipinski definition) is 6. The number of fused-ring (bicyclic) bond motifs is 4. The second kappa shape index (κ2) is 7.02. The molecule has 6 N–H and O–H groups in total. The molecule has 9 nitrogen and oxygen atoms in total. The first-order chi connectivity index (χ1) is 14.0. The van der Waals surface area contributed by atoms with Gasteiger partial charge in [0.15, 0.2) is 11.5 Å². The van der Waals surface area contributed by atoms with Crippen LogP contribution in [0.3, 0.4) is 0 Å². The maximum Gasteiger partial charge on any atom is 0.255 e. The van der Waals surface area contributed by atoms with E-state index in [1.165, 1.54) is 6.42 Å². The summed E-state index contributed by atoms with van der Waals surface area (Å²) in [4.78, 5) is 12.7. The zero-order valence-corrected chi connectivity index (χ0v) is 15.9. The third kappa shape index (κ3) is 2.87. The summed E-state index contributed by atoms with van der Waals surface area (Å²) < 4.78 is 10.7. The molecule has 1 aromatic rings. The number of benzene rings is 1. The Bertz CT molecular complexity index is 826. The van der Waals surface area contributed by atoms with Crippen molar-refractivity contribution in [2.75, 3.05) is 6.79 Å². The van der Waals surface area contributed by atoms with Crippen LogP contribution in [0.4, 0.5) is 0 Å². The van der Waals surface area contributed by atoms with E-state index in [1.807, 2.05) is 0 Å². The molecule has 29 heavy (non-hydrogen) atoms. The number of hydrogen-bond acceptors (Lipinski definition) is 8. The smallest absolute Gasteiger partial charge is 0.255 e. The molecule has 2 aliphatic heterocycles. The molecule has 2 fully saturated rings. The minimum absolute atomic E-state index is 0.0572. The van der Waals surface area contributed by atoms with Crippen LogP contribution in [0.2, 0.25) is 0 Å². The van der Waals surface area contributed by atoms with Gasteiger partial charge in [0.05, 0.1) is 17.7 Å². The van der Waals surface area contributed by atoms with Gasteiger partial charge in [-0.25, -0.2) is 0 Å². The van der Waals surface area contributed by atoms with E-state index in [-0.39, 0.29) is 29.9 Å². The van der Waals surface area contributed by atoms with E-state index in [1.54, 1.807) is 6.07 Å². The number of aliphatic hydroxyl groups excluding tert-OH is 3. The molecule has 4 aliphatic rings. The molecule has 5 rings (SSSR count). The zero-order valence-electron chi connectivity index (χ0n) is 15.9. The number of phenolic OH excluding ortho intramolecular Hbond substituents is 1. The lowest BCUT2D eigenvalue weighted by molar-refractivity contribution is -0.120. The van der Waals surface area contributed by atoms with Gasteiger partial charge in [-0.1, -0.05) is 19.3 Å². The van der Waals surface area contributed by atoms with Crippen molar-refractivity contribution in [1.82, 2.24) is 10.6 Å². The summed E-state index contributed by atoms with van der Waals surface area (Å²) in [6, 6.07) is 0.394. The Morgan fingerprint density at radius 1 is 1.03 bits per heavy atom. The molecule has 0 radical (unpaired) electrons. The molecule has 1 aromatic carbocycles. The van der Waals surface area contributed by atoms with Crippen LogP contribution in [-0.4, -0.2) is 69.6 Å². The van der Waals surface area contributed by atoms with Gasteiger partial charge < -0.3 is 40.5 Å². The first kappa shape index (κ1) is 18.9. The van der Waals surface area contributed by atoms with Crippen molar-refractivity contribution in [3.05, 3.63) is 17.2 Å². The number of rotatable bonds is 2. The molecule has 2 heterocycles. The fourth-order valence-electron chi connectivity index (χ4n) is 5.35. The Hall–Kier alpha value is -2.07. The predicted octanol–water partition coefficient (Wildman–Crippen LogP) is -0.296. The fraction of sp³-hybridized carbons (Fsp3) is 0.650. The highest BCUT2D eigenvalue weighted by Gasteiger charge is 2.54. The van der Waals surface area contributed by atoms with Gasteiger partial charge in [0.25, 0.3) is 5.91 Å². The van der Waals surface area contributed by atoms with Crippen molar-refractivity contribution >= 4 is 5.91 Å². The van der Waals surface area contributed by atoms with Gasteiger partial charge in [-0.2, -0.15) is 0 Å². The van der Waals surface area contributed by atoms with E-state index in [2.05, 4.69) is 10.6 Å². The van der Waals surface area contributed by atoms with E-state index in [0.717, 1.165) is 25.7 Å². The quantitative estimate of drug-likeness (QED) is 0.394. The van der Waals surface area contributed by atoms with Crippen LogP contribution < -0.4 is 20.1 Å². The molecule has 9 heteroatoms. The molecule has 4 unspecified atom stereocenters. The highest BCUT2D eigenvalue weighted by atomic mass is 16.7. The third-order valence-corrected chi connectivity index (χ3v) is 6.80. The SMILES string of the molecule is O=C1N[C@H]2C(O)C(O)[C@@H](O)C(NC3CCCCC3)C2c2cc3c(c(O)c21)OCO3. The maximum atomic E-state index is 12.7. The highest BCUT2D eigenvalue weighted by Crippen LogP contribution is 2.50. The van der Waals surface area contributed by atoms with Crippen molar-refractivity contribution in [2.24, 2.45) is 0 Å². The second-order valence-electron chi connectivity index (χ2n) is 8.45. The van der Waals surface area contributed by atoms with Crippen molar-refractivity contribution < 1.29 is 34.7 Å². The lowest BCUT2D eigenvalue weighted by Crippen LogP contribution is -2.70. The van der Waals surface area contributed by atoms with E-state index in [9.17, 15) is 25.2 Å². The van der Waals surface area contributed by atoms with Crippen LogP contribution in [0.1, 0.15) is 53.9 Å². The number of aromatic hydroxyl groups is 1. The molecule has 0 bridgehead atoms. The van der Waals surface area contributed by atoms with Gasteiger partial charge >= 0.3 is 0 Å². The van der Waals surface area contributed by atoms with Gasteiger partial charge in [-0.3, -0.25) is 4.79 Å². The Morgan fingerprint density at radius 2 is 1.79 bits per heavy atom. The van der Waals surface area contributed by atoms with Crippen LogP contribution >= 0.6 is 0 Å². The second-order valence-corrected chi connectivity index (χ2v) is 8.45. The number of ether oxygens (including phenoxy) is 2. The topological polar surface area (TPSA) is 141 Å². The number of phenols is 1. The minimum Gasteiger partial charge on any atom is -0.504 e. The van der Waals surface area contributed by atoms with Gasteiger partial charge in [0, 0.05) is 18.0 Å². The molecular formula is C20H26N2O7. The molecule has 2 saturated carbocycles. The lowest BCUT2D eigenvalue weighted by Gasteiger charge is -2.50. The van der Waals surface area contributed by atoms with Crippen LogP contribution in [-0.2, 0) is 0 Å². The Morgan fingerprint density at radius 3 is 2.55 bits per heavy atom. The summed E-state index contributed by atoms with van der Waals surface area (Å²) in [5, 5.41) is 48.7. The summed E-state index contributed by atoms with van der Waals surface area (Å²) in [5.41, 5.74) is 0.528. The monoisotopic (exact) mass is 406 g/mol. The molecular weight excluding hydrogens is 380 g/mol. The molecule has 1 amide bonds. The van der Waals surface area contributed by atoms with Gasteiger partial charge in [-0.15, -0.1) is 0 Å². The molecule has 0 aromatic heterocycles. The average Bonchev–Trinajstić information content (AvgIpc) is 3.19. The average molecular weight is 406 g/mol. The largest absolute Gasteiger partial charge is 0.504 e. The molecule has 0 saturated heterocycles. The van der Waals surface area contributed by atoms with Gasteiger partial charge in [-0.05, 0) is 24.5 Å². The Kier molecular flexibility index (Phi) is 4.58. The number of nitrogens with one attached hydrogen (secondary N) is 2.